The van der Waals surface area contributed by atoms with Crippen LogP contribution in [0.2, 0.25) is 0 Å². The molecule has 29 heavy (non-hydrogen) atoms. The maximum Gasteiger partial charge on any atom is 0.252 e. The van der Waals surface area contributed by atoms with Crippen molar-refractivity contribution in [3.8, 4) is 10.6 Å². The average molecular weight is 449 g/mol. The number of carbonyl (C=O) groups excluding carboxylic acids is 1. The van der Waals surface area contributed by atoms with Crippen LogP contribution < -0.4 is 5.32 Å². The quantitative estimate of drug-likeness (QED) is 0.644. The van der Waals surface area contributed by atoms with Gasteiger partial charge in [0.1, 0.15) is 9.22 Å². The standard InChI is InChI=1S/C19H20N4O3S3/c1-13-6-8-14(9-7-13)18-21-22-19(28-18)20-17(24)15-4-2-10-23(12-15)29(25,26)16-5-3-11-27-16/h3,5-9,11,15H,2,4,10,12H2,1H3,(H,20,22,24). The van der Waals surface area contributed by atoms with Gasteiger partial charge in [0.05, 0.1) is 5.92 Å². The molecule has 152 valence electrons. The fourth-order valence-electron chi connectivity index (χ4n) is 3.21. The molecule has 0 saturated carbocycles. The molecule has 0 aliphatic carbocycles. The van der Waals surface area contributed by atoms with Crippen molar-refractivity contribution in [1.29, 1.82) is 0 Å². The van der Waals surface area contributed by atoms with Crippen molar-refractivity contribution < 1.29 is 13.2 Å². The fraction of sp³-hybridized carbons (Fsp3) is 0.316. The molecule has 1 aliphatic heterocycles. The summed E-state index contributed by atoms with van der Waals surface area (Å²) in [5, 5.41) is 13.9. The van der Waals surface area contributed by atoms with Gasteiger partial charge in [-0.15, -0.1) is 21.5 Å². The Kier molecular flexibility index (Phi) is 5.77. The first-order valence-corrected chi connectivity index (χ1v) is 12.3. The summed E-state index contributed by atoms with van der Waals surface area (Å²) in [6.45, 7) is 2.62. The van der Waals surface area contributed by atoms with Gasteiger partial charge in [-0.1, -0.05) is 47.2 Å². The zero-order valence-electron chi connectivity index (χ0n) is 15.7. The summed E-state index contributed by atoms with van der Waals surface area (Å²) < 4.78 is 27.2. The van der Waals surface area contributed by atoms with E-state index in [-0.39, 0.29) is 12.5 Å². The molecule has 3 heterocycles. The van der Waals surface area contributed by atoms with E-state index in [1.165, 1.54) is 27.0 Å². The van der Waals surface area contributed by atoms with Crippen molar-refractivity contribution in [2.24, 2.45) is 5.92 Å². The SMILES string of the molecule is Cc1ccc(-c2nnc(NC(=O)C3CCCN(S(=O)(=O)c4cccs4)C3)s2)cc1. The summed E-state index contributed by atoms with van der Waals surface area (Å²) in [4.78, 5) is 12.7. The molecule has 3 aromatic rings. The second-order valence-corrected chi connectivity index (χ2v) is 11.0. The first-order chi connectivity index (χ1) is 13.9. The lowest BCUT2D eigenvalue weighted by atomic mass is 9.99. The van der Waals surface area contributed by atoms with E-state index in [4.69, 9.17) is 0 Å². The predicted molar refractivity (Wildman–Crippen MR) is 115 cm³/mol. The van der Waals surface area contributed by atoms with Gasteiger partial charge in [-0.2, -0.15) is 4.31 Å². The summed E-state index contributed by atoms with van der Waals surface area (Å²) in [6, 6.07) is 11.2. The largest absolute Gasteiger partial charge is 0.300 e. The van der Waals surface area contributed by atoms with Crippen LogP contribution in [0, 0.1) is 12.8 Å². The van der Waals surface area contributed by atoms with Gasteiger partial charge in [-0.25, -0.2) is 8.42 Å². The van der Waals surface area contributed by atoms with E-state index in [9.17, 15) is 13.2 Å². The molecule has 1 unspecified atom stereocenters. The number of nitrogens with zero attached hydrogens (tertiary/aromatic N) is 3. The second kappa shape index (κ2) is 8.31. The number of anilines is 1. The first kappa shape index (κ1) is 20.1. The fourth-order valence-corrected chi connectivity index (χ4v) is 6.63. The number of thiophene rings is 1. The van der Waals surface area contributed by atoms with Gasteiger partial charge in [0, 0.05) is 18.7 Å². The molecule has 1 fully saturated rings. The van der Waals surface area contributed by atoms with Crippen LogP contribution in [0.4, 0.5) is 5.13 Å². The van der Waals surface area contributed by atoms with Gasteiger partial charge in [0.15, 0.2) is 0 Å². The van der Waals surface area contributed by atoms with Crippen LogP contribution in [0.3, 0.4) is 0 Å². The predicted octanol–water partition coefficient (Wildman–Crippen LogP) is 3.61. The molecule has 7 nitrogen and oxygen atoms in total. The highest BCUT2D eigenvalue weighted by Gasteiger charge is 2.34. The summed E-state index contributed by atoms with van der Waals surface area (Å²) in [7, 11) is -3.55. The lowest BCUT2D eigenvalue weighted by Gasteiger charge is -2.30. The van der Waals surface area contributed by atoms with Gasteiger partial charge in [0.2, 0.25) is 11.0 Å². The number of hydrogen-bond acceptors (Lipinski definition) is 7. The summed E-state index contributed by atoms with van der Waals surface area (Å²) in [5.74, 6) is -0.632. The van der Waals surface area contributed by atoms with Crippen LogP contribution in [0.5, 0.6) is 0 Å². The zero-order chi connectivity index (χ0) is 20.4. The number of aryl methyl sites for hydroxylation is 1. The van der Waals surface area contributed by atoms with Gasteiger partial charge in [-0.05, 0) is 31.2 Å². The average Bonchev–Trinajstić information content (AvgIpc) is 3.41. The Morgan fingerprint density at radius 1 is 1.21 bits per heavy atom. The second-order valence-electron chi connectivity index (χ2n) is 6.90. The third-order valence-corrected chi connectivity index (χ3v) is 8.92. The zero-order valence-corrected chi connectivity index (χ0v) is 18.2. The molecule has 1 aliphatic rings. The van der Waals surface area contributed by atoms with E-state index in [2.05, 4.69) is 15.5 Å². The molecule has 1 aromatic carbocycles. The van der Waals surface area contributed by atoms with E-state index in [0.29, 0.717) is 28.7 Å². The molecule has 1 atom stereocenters. The number of rotatable bonds is 5. The number of carbonyl (C=O) groups is 1. The molecule has 0 bridgehead atoms. The van der Waals surface area contributed by atoms with E-state index < -0.39 is 15.9 Å². The molecule has 4 rings (SSSR count). The Labute approximate surface area is 177 Å². The monoisotopic (exact) mass is 448 g/mol. The summed E-state index contributed by atoms with van der Waals surface area (Å²) >= 11 is 2.49. The Hall–Kier alpha value is -2.14. The van der Waals surface area contributed by atoms with Gasteiger partial charge < -0.3 is 5.32 Å². The van der Waals surface area contributed by atoms with Crippen molar-refractivity contribution in [2.45, 2.75) is 24.0 Å². The van der Waals surface area contributed by atoms with Crippen LogP contribution in [0.15, 0.2) is 46.0 Å². The highest BCUT2D eigenvalue weighted by atomic mass is 32.2. The maximum absolute atomic E-state index is 12.7. The normalized spacial score (nSPS) is 17.9. The molecule has 0 spiro atoms. The molecule has 2 aromatic heterocycles. The van der Waals surface area contributed by atoms with Gasteiger partial charge in [0.25, 0.3) is 10.0 Å². The number of nitrogens with one attached hydrogen (secondary N) is 1. The van der Waals surface area contributed by atoms with Crippen molar-refractivity contribution in [1.82, 2.24) is 14.5 Å². The molecule has 1 amide bonds. The maximum atomic E-state index is 12.7. The number of aromatic nitrogens is 2. The van der Waals surface area contributed by atoms with Crippen molar-refractivity contribution in [3.63, 3.8) is 0 Å². The van der Waals surface area contributed by atoms with E-state index in [1.807, 2.05) is 31.2 Å². The van der Waals surface area contributed by atoms with Crippen molar-refractivity contribution >= 4 is 43.7 Å². The van der Waals surface area contributed by atoms with Gasteiger partial charge >= 0.3 is 0 Å². The Morgan fingerprint density at radius 2 is 2.00 bits per heavy atom. The smallest absolute Gasteiger partial charge is 0.252 e. The van der Waals surface area contributed by atoms with Crippen LogP contribution in [-0.4, -0.2) is 41.9 Å². The van der Waals surface area contributed by atoms with E-state index in [1.54, 1.807) is 17.5 Å². The van der Waals surface area contributed by atoms with Crippen molar-refractivity contribution in [3.05, 3.63) is 47.3 Å². The molecule has 10 heteroatoms. The number of piperidine rings is 1. The Balaban J connectivity index is 1.43. The van der Waals surface area contributed by atoms with Crippen LogP contribution in [-0.2, 0) is 14.8 Å². The summed E-state index contributed by atoms with van der Waals surface area (Å²) in [5.41, 5.74) is 2.10. The third-order valence-electron chi connectivity index (χ3n) is 4.80. The highest BCUT2D eigenvalue weighted by molar-refractivity contribution is 7.91. The van der Waals surface area contributed by atoms with Gasteiger partial charge in [-0.3, -0.25) is 4.79 Å². The Bertz CT molecular complexity index is 1090. The first-order valence-electron chi connectivity index (χ1n) is 9.18. The van der Waals surface area contributed by atoms with Crippen LogP contribution in [0.1, 0.15) is 18.4 Å². The number of sulfonamides is 1. The summed E-state index contributed by atoms with van der Waals surface area (Å²) in [6.07, 6.45) is 1.29. The topological polar surface area (TPSA) is 92.3 Å². The molecule has 1 saturated heterocycles. The van der Waals surface area contributed by atoms with E-state index >= 15 is 0 Å². The number of amides is 1. The molecule has 1 N–H and O–H groups in total. The van der Waals surface area contributed by atoms with Crippen LogP contribution >= 0.6 is 22.7 Å². The molecule has 0 radical (unpaired) electrons. The lowest BCUT2D eigenvalue weighted by molar-refractivity contribution is -0.120. The van der Waals surface area contributed by atoms with Crippen molar-refractivity contribution in [2.75, 3.05) is 18.4 Å². The van der Waals surface area contributed by atoms with E-state index in [0.717, 1.165) is 16.1 Å². The molecular formula is C19H20N4O3S3. The minimum Gasteiger partial charge on any atom is -0.300 e. The van der Waals surface area contributed by atoms with Crippen LogP contribution in [0.25, 0.3) is 10.6 Å². The minimum absolute atomic E-state index is 0.176. The third kappa shape index (κ3) is 4.40. The number of hydrogen-bond donors (Lipinski definition) is 1. The minimum atomic E-state index is -3.55. The highest BCUT2D eigenvalue weighted by Crippen LogP contribution is 2.29. The lowest BCUT2D eigenvalue weighted by Crippen LogP contribution is -2.43. The molecular weight excluding hydrogens is 428 g/mol. The Morgan fingerprint density at radius 3 is 2.72 bits per heavy atom. The number of benzene rings is 1.